The van der Waals surface area contributed by atoms with E-state index in [1.807, 2.05) is 46.8 Å². The molecule has 12 heteroatoms. The lowest BCUT2D eigenvalue weighted by atomic mass is 9.83. The summed E-state index contributed by atoms with van der Waals surface area (Å²) in [7, 11) is -2.10. The largest absolute Gasteiger partial charge is 0.444 e. The van der Waals surface area contributed by atoms with E-state index in [1.165, 1.54) is 0 Å². The van der Waals surface area contributed by atoms with E-state index in [-0.39, 0.29) is 47.1 Å². The van der Waals surface area contributed by atoms with Gasteiger partial charge in [0, 0.05) is 32.3 Å². The molecule has 4 heterocycles. The summed E-state index contributed by atoms with van der Waals surface area (Å²) in [6.45, 7) is 25.1. The molecule has 1 aromatic carbocycles. The van der Waals surface area contributed by atoms with Crippen LogP contribution in [0.15, 0.2) is 84.3 Å². The minimum Gasteiger partial charge on any atom is -0.444 e. The predicted molar refractivity (Wildman–Crippen MR) is 216 cm³/mol. The maximum atomic E-state index is 13.9. The fourth-order valence-corrected chi connectivity index (χ4v) is 10.2. The van der Waals surface area contributed by atoms with Gasteiger partial charge in [0.25, 0.3) is 0 Å². The molecule has 4 fully saturated rings. The Kier molecular flexibility index (Phi) is 14.9. The van der Waals surface area contributed by atoms with Crippen LogP contribution in [0.25, 0.3) is 0 Å². The molecule has 1 aromatic rings. The summed E-state index contributed by atoms with van der Waals surface area (Å²) >= 11 is 0. The molecule has 0 N–H and O–H groups in total. The molecule has 4 aliphatic heterocycles. The van der Waals surface area contributed by atoms with E-state index in [4.69, 9.17) is 33.2 Å². The minimum absolute atomic E-state index is 0.0232. The van der Waals surface area contributed by atoms with E-state index < -0.39 is 51.5 Å². The van der Waals surface area contributed by atoms with Gasteiger partial charge >= 0.3 is 6.09 Å². The van der Waals surface area contributed by atoms with Gasteiger partial charge in [0.1, 0.15) is 11.3 Å². The van der Waals surface area contributed by atoms with Gasteiger partial charge in [-0.3, -0.25) is 4.90 Å². The first-order chi connectivity index (χ1) is 26.4. The molecule has 11 nitrogen and oxygen atoms in total. The summed E-state index contributed by atoms with van der Waals surface area (Å²) in [4.78, 5) is 15.0. The zero-order chi connectivity index (χ0) is 40.8. The van der Waals surface area contributed by atoms with E-state index in [2.05, 4.69) is 26.7 Å². The maximum absolute atomic E-state index is 13.9. The van der Waals surface area contributed by atoms with Crippen molar-refractivity contribution in [2.75, 3.05) is 32.6 Å². The van der Waals surface area contributed by atoms with Gasteiger partial charge in [0.15, 0.2) is 9.84 Å². The van der Waals surface area contributed by atoms with Crippen LogP contribution < -0.4 is 0 Å². The third-order valence-electron chi connectivity index (χ3n) is 11.3. The van der Waals surface area contributed by atoms with E-state index in [0.29, 0.717) is 32.6 Å². The Labute approximate surface area is 335 Å². The molecule has 312 valence electrons. The Morgan fingerprint density at radius 2 is 1.73 bits per heavy atom. The Hall–Kier alpha value is -2.84. The topological polar surface area (TPSA) is 119 Å². The van der Waals surface area contributed by atoms with Crippen LogP contribution in [0.5, 0.6) is 0 Å². The quantitative estimate of drug-likeness (QED) is 0.122. The van der Waals surface area contributed by atoms with E-state index in [9.17, 15) is 13.2 Å². The average molecular weight is 800 g/mol. The SMILES string of the molecule is C=CCOC/C=C/[C@H]1CC(=C)C(CC[C@H]2C[C@@H](C)C(=C)[C@@H](CC3O[C@H](C[C@H]4CN(C(=O)OC(C)(C)C)C(C)(C)O4)[C@H](OC)[C@H]3CS(=O)(=O)c3ccccc3)O2)O1. The van der Waals surface area contributed by atoms with Crippen molar-refractivity contribution in [2.24, 2.45) is 11.8 Å². The number of carbonyl (C=O) groups is 1. The number of hydrogen-bond acceptors (Lipinski definition) is 10. The molecule has 0 radical (unpaired) electrons. The summed E-state index contributed by atoms with van der Waals surface area (Å²) in [5.41, 5.74) is 0.495. The lowest BCUT2D eigenvalue weighted by molar-refractivity contribution is -0.0992. The first kappa shape index (κ1) is 44.3. The number of ether oxygens (including phenoxy) is 7. The fraction of sp³-hybridized carbons (Fsp3) is 0.659. The van der Waals surface area contributed by atoms with Crippen molar-refractivity contribution >= 4 is 15.9 Å². The highest BCUT2D eigenvalue weighted by Crippen LogP contribution is 2.42. The van der Waals surface area contributed by atoms with Crippen molar-refractivity contribution in [3.63, 3.8) is 0 Å². The Balaban J connectivity index is 1.29. The number of methoxy groups -OCH3 is 1. The normalized spacial score (nSPS) is 32.4. The molecule has 4 aliphatic rings. The summed E-state index contributed by atoms with van der Waals surface area (Å²) in [5.74, 6) is -0.457. The zero-order valence-corrected chi connectivity index (χ0v) is 35.3. The van der Waals surface area contributed by atoms with Crippen molar-refractivity contribution in [3.8, 4) is 0 Å². The summed E-state index contributed by atoms with van der Waals surface area (Å²) < 4.78 is 71.4. The molecule has 1 amide bonds. The third-order valence-corrected chi connectivity index (χ3v) is 13.1. The molecule has 0 aromatic heterocycles. The van der Waals surface area contributed by atoms with Gasteiger partial charge in [0.05, 0.1) is 79.2 Å². The van der Waals surface area contributed by atoms with Crippen LogP contribution in [-0.2, 0) is 43.0 Å². The van der Waals surface area contributed by atoms with Crippen LogP contribution in [0.3, 0.4) is 0 Å². The molecule has 2 unspecified atom stereocenters. The lowest BCUT2D eigenvalue weighted by Crippen LogP contribution is -2.46. The van der Waals surface area contributed by atoms with E-state index in [0.717, 1.165) is 36.8 Å². The Morgan fingerprint density at radius 3 is 2.41 bits per heavy atom. The summed E-state index contributed by atoms with van der Waals surface area (Å²) in [6.07, 6.45) is 6.94. The molecule has 56 heavy (non-hydrogen) atoms. The molecular weight excluding hydrogens is 735 g/mol. The highest BCUT2D eigenvalue weighted by atomic mass is 32.2. The van der Waals surface area contributed by atoms with E-state index >= 15 is 0 Å². The van der Waals surface area contributed by atoms with Crippen molar-refractivity contribution in [1.29, 1.82) is 0 Å². The first-order valence-electron chi connectivity index (χ1n) is 20.1. The smallest absolute Gasteiger partial charge is 0.412 e. The first-order valence-corrected chi connectivity index (χ1v) is 21.7. The number of nitrogens with zero attached hydrogens (tertiary/aromatic N) is 1. The fourth-order valence-electron chi connectivity index (χ4n) is 8.48. The number of carbonyl (C=O) groups excluding carboxylic acids is 1. The molecular formula is C44H65NO10S. The van der Waals surface area contributed by atoms with Crippen LogP contribution in [0, 0.1) is 11.8 Å². The number of rotatable bonds is 16. The lowest BCUT2D eigenvalue weighted by Gasteiger charge is -2.38. The van der Waals surface area contributed by atoms with Gasteiger partial charge < -0.3 is 33.2 Å². The summed E-state index contributed by atoms with van der Waals surface area (Å²) in [6, 6.07) is 8.50. The third kappa shape index (κ3) is 11.4. The second kappa shape index (κ2) is 18.8. The van der Waals surface area contributed by atoms with Gasteiger partial charge in [0.2, 0.25) is 0 Å². The number of amides is 1. The van der Waals surface area contributed by atoms with Crippen LogP contribution in [0.2, 0.25) is 0 Å². The predicted octanol–water partition coefficient (Wildman–Crippen LogP) is 7.61. The molecule has 4 saturated heterocycles. The average Bonchev–Trinajstić information content (AvgIpc) is 3.75. The van der Waals surface area contributed by atoms with Crippen LogP contribution in [-0.4, -0.2) is 112 Å². The van der Waals surface area contributed by atoms with Gasteiger partial charge in [-0.25, -0.2) is 13.2 Å². The van der Waals surface area contributed by atoms with Gasteiger partial charge in [-0.05, 0) is 83.1 Å². The molecule has 0 spiro atoms. The van der Waals surface area contributed by atoms with Crippen molar-refractivity contribution in [3.05, 3.63) is 79.4 Å². The van der Waals surface area contributed by atoms with Crippen molar-refractivity contribution < 1.29 is 46.4 Å². The second-order valence-corrected chi connectivity index (χ2v) is 19.3. The number of benzene rings is 1. The van der Waals surface area contributed by atoms with Gasteiger partial charge in [-0.2, -0.15) is 0 Å². The Bertz CT molecular complexity index is 1650. The molecule has 0 saturated carbocycles. The minimum atomic E-state index is -3.70. The van der Waals surface area contributed by atoms with Crippen LogP contribution in [0.4, 0.5) is 4.79 Å². The number of hydrogen-bond donors (Lipinski definition) is 0. The van der Waals surface area contributed by atoms with Crippen molar-refractivity contribution in [1.82, 2.24) is 4.90 Å². The highest BCUT2D eigenvalue weighted by Gasteiger charge is 2.51. The summed E-state index contributed by atoms with van der Waals surface area (Å²) in [5, 5.41) is 0. The molecule has 0 bridgehead atoms. The highest BCUT2D eigenvalue weighted by molar-refractivity contribution is 7.91. The Morgan fingerprint density at radius 1 is 1.00 bits per heavy atom. The standard InChI is InChI=1S/C44H65NO10S/c1-11-21-50-22-15-16-32-24-30(3)37(51-32)20-19-33-23-29(2)31(4)38(52-33)26-39-36(28-56(47,48)35-17-13-12-14-18-35)41(49-10)40(53-39)25-34-27-45(44(8,9)54-34)42(46)55-43(5,6)7/h11-18,29,32-34,36-41H,1,3-4,19-28H2,2,5-10H3/b16-15+/t29-,32+,33+,34+,36+,37?,38-,39?,40-,41-/m1/s1. The maximum Gasteiger partial charge on any atom is 0.412 e. The van der Waals surface area contributed by atoms with Gasteiger partial charge in [-0.15, -0.1) is 6.58 Å². The molecule has 0 aliphatic carbocycles. The van der Waals surface area contributed by atoms with Crippen LogP contribution in [0.1, 0.15) is 80.1 Å². The van der Waals surface area contributed by atoms with Crippen LogP contribution >= 0.6 is 0 Å². The van der Waals surface area contributed by atoms with Crippen molar-refractivity contribution in [2.45, 2.75) is 145 Å². The number of sulfone groups is 1. The van der Waals surface area contributed by atoms with Gasteiger partial charge in [-0.1, -0.05) is 56.5 Å². The molecule has 10 atom stereocenters. The zero-order valence-electron chi connectivity index (χ0n) is 34.5. The van der Waals surface area contributed by atoms with E-state index in [1.54, 1.807) is 48.4 Å². The monoisotopic (exact) mass is 799 g/mol. The second-order valence-electron chi connectivity index (χ2n) is 17.2. The molecule has 5 rings (SSSR count).